The zero-order chi connectivity index (χ0) is 12.5. The van der Waals surface area contributed by atoms with E-state index in [9.17, 15) is 0 Å². The Labute approximate surface area is 141 Å². The Bertz CT molecular complexity index is 434. The molecule has 104 valence electrons. The standard InChI is InChI=1S/C9H13.C7H9.2ClH.Hf/c1-3-8-5-6-9(4-2)7-8;1-6-3-4-7(2)5-6;;;/h5-7H,3-4H2,1-2H3;3-5H,1-2H3;2*1H;/q;;;;+2/p-2. The molecule has 0 aliphatic heterocycles. The van der Waals surface area contributed by atoms with E-state index in [2.05, 4.69) is 64.2 Å². The first kappa shape index (κ1) is 19.4. The van der Waals surface area contributed by atoms with E-state index in [1.165, 1.54) is 18.4 Å². The molecule has 0 aromatic heterocycles. The SMILES string of the molecule is CCC1=C[C](CC)([Hf+2][C]2(C)C=CC(C)=C2)C=C1.[Cl-].[Cl-]. The molecule has 0 nitrogen and oxygen atoms in total. The fourth-order valence-corrected chi connectivity index (χ4v) is 10.2. The molecule has 0 fully saturated rings. The molecule has 19 heavy (non-hydrogen) atoms. The second-order valence-corrected chi connectivity index (χ2v) is 13.5. The number of allylic oxidation sites excluding steroid dienone is 8. The van der Waals surface area contributed by atoms with Crippen LogP contribution in [0, 0.1) is 0 Å². The van der Waals surface area contributed by atoms with E-state index in [0.29, 0.717) is 6.34 Å². The second kappa shape index (κ2) is 7.43. The molecule has 0 aromatic rings. The Morgan fingerprint density at radius 3 is 2.16 bits per heavy atom. The molecule has 2 rings (SSSR count). The van der Waals surface area contributed by atoms with Crippen LogP contribution in [0.1, 0.15) is 40.5 Å². The van der Waals surface area contributed by atoms with E-state index < -0.39 is 22.9 Å². The van der Waals surface area contributed by atoms with Crippen molar-refractivity contribution < 1.29 is 47.7 Å². The Morgan fingerprint density at radius 2 is 1.74 bits per heavy atom. The monoisotopic (exact) mass is 464 g/mol. The van der Waals surface area contributed by atoms with Gasteiger partial charge in [0.1, 0.15) is 0 Å². The van der Waals surface area contributed by atoms with Crippen LogP contribution in [0.25, 0.3) is 0 Å². The van der Waals surface area contributed by atoms with E-state index in [4.69, 9.17) is 0 Å². The van der Waals surface area contributed by atoms with Gasteiger partial charge in [0.25, 0.3) is 0 Å². The average Bonchev–Trinajstić information content (AvgIpc) is 2.84. The van der Waals surface area contributed by atoms with Crippen LogP contribution >= 0.6 is 0 Å². The minimum atomic E-state index is -0.813. The first-order valence-electron chi connectivity index (χ1n) is 6.60. The zero-order valence-electron chi connectivity index (χ0n) is 12.1. The Kier molecular flexibility index (Phi) is 7.59. The van der Waals surface area contributed by atoms with Crippen LogP contribution in [0.2, 0.25) is 6.34 Å². The average molecular weight is 464 g/mol. The molecule has 0 saturated heterocycles. The Hall–Kier alpha value is 0.410. The van der Waals surface area contributed by atoms with Crippen LogP contribution < -0.4 is 24.8 Å². The smallest absolute Gasteiger partial charge is 1.00 e. The number of hydrogen-bond acceptors (Lipinski definition) is 0. The fourth-order valence-electron chi connectivity index (χ4n) is 2.74. The molecular formula is C16H22Cl2Hf. The number of hydrogen-bond donors (Lipinski definition) is 0. The third kappa shape index (κ3) is 4.44. The zero-order valence-corrected chi connectivity index (χ0v) is 17.2. The molecule has 0 amide bonds. The Balaban J connectivity index is 0.00000162. The Morgan fingerprint density at radius 1 is 1.05 bits per heavy atom. The molecule has 2 aliphatic rings. The van der Waals surface area contributed by atoms with Crippen LogP contribution in [-0.2, 0) is 22.9 Å². The molecule has 0 heterocycles. The van der Waals surface area contributed by atoms with Gasteiger partial charge in [-0.25, -0.2) is 0 Å². The summed E-state index contributed by atoms with van der Waals surface area (Å²) in [5.41, 5.74) is 3.00. The number of rotatable bonds is 4. The van der Waals surface area contributed by atoms with E-state index in [1.54, 1.807) is 5.57 Å². The van der Waals surface area contributed by atoms with Crippen LogP contribution in [0.3, 0.4) is 0 Å². The van der Waals surface area contributed by atoms with Gasteiger partial charge in [0.05, 0.1) is 0 Å². The van der Waals surface area contributed by atoms with E-state index in [0.717, 1.165) is 0 Å². The van der Waals surface area contributed by atoms with Gasteiger partial charge >= 0.3 is 117 Å². The third-order valence-electron chi connectivity index (χ3n) is 3.75. The minimum absolute atomic E-state index is 0. The molecule has 2 aliphatic carbocycles. The van der Waals surface area contributed by atoms with Crippen molar-refractivity contribution in [2.45, 2.75) is 46.9 Å². The van der Waals surface area contributed by atoms with Gasteiger partial charge in [-0.2, -0.15) is 0 Å². The predicted octanol–water partition coefficient (Wildman–Crippen LogP) is -0.753. The van der Waals surface area contributed by atoms with Crippen molar-refractivity contribution in [3.05, 3.63) is 47.6 Å². The third-order valence-corrected chi connectivity index (χ3v) is 10.9. The van der Waals surface area contributed by atoms with E-state index in [-0.39, 0.29) is 24.8 Å². The number of halogens is 2. The first-order chi connectivity index (χ1) is 8.01. The summed E-state index contributed by atoms with van der Waals surface area (Å²) in [6, 6.07) is 0. The summed E-state index contributed by atoms with van der Waals surface area (Å²) in [6.45, 7) is 9.27. The molecule has 0 spiro atoms. The van der Waals surface area contributed by atoms with Crippen molar-refractivity contribution in [2.75, 3.05) is 0 Å². The molecule has 0 aromatic carbocycles. The van der Waals surface area contributed by atoms with Gasteiger partial charge in [0.15, 0.2) is 0 Å². The molecule has 2 unspecified atom stereocenters. The van der Waals surface area contributed by atoms with Gasteiger partial charge < -0.3 is 24.8 Å². The quantitative estimate of drug-likeness (QED) is 0.481. The maximum absolute atomic E-state index is 2.58. The van der Waals surface area contributed by atoms with Crippen LogP contribution in [-0.4, -0.2) is 0 Å². The van der Waals surface area contributed by atoms with Crippen LogP contribution in [0.5, 0.6) is 0 Å². The normalized spacial score (nSPS) is 31.2. The largest absolute Gasteiger partial charge is 1.00 e. The van der Waals surface area contributed by atoms with Crippen molar-refractivity contribution in [1.82, 2.24) is 0 Å². The second-order valence-electron chi connectivity index (χ2n) is 5.43. The van der Waals surface area contributed by atoms with Crippen molar-refractivity contribution in [3.8, 4) is 0 Å². The van der Waals surface area contributed by atoms with Gasteiger partial charge in [0, 0.05) is 0 Å². The molecular weight excluding hydrogens is 442 g/mol. The summed E-state index contributed by atoms with van der Waals surface area (Å²) in [5.74, 6) is 0. The fraction of sp³-hybridized carbons (Fsp3) is 0.500. The summed E-state index contributed by atoms with van der Waals surface area (Å²) < 4.78 is 0.912. The van der Waals surface area contributed by atoms with E-state index in [1.807, 2.05) is 0 Å². The molecule has 0 radical (unpaired) electrons. The van der Waals surface area contributed by atoms with Gasteiger partial charge in [-0.3, -0.25) is 0 Å². The van der Waals surface area contributed by atoms with Crippen molar-refractivity contribution in [3.63, 3.8) is 0 Å². The maximum Gasteiger partial charge on any atom is -1.00 e. The topological polar surface area (TPSA) is 0 Å². The van der Waals surface area contributed by atoms with Crippen molar-refractivity contribution >= 4 is 0 Å². The van der Waals surface area contributed by atoms with Crippen LogP contribution in [0.4, 0.5) is 0 Å². The summed E-state index contributed by atoms with van der Waals surface area (Å²) in [5, 5.41) is 0. The molecule has 3 heteroatoms. The van der Waals surface area contributed by atoms with Gasteiger partial charge in [-0.05, 0) is 0 Å². The summed E-state index contributed by atoms with van der Waals surface area (Å²) in [7, 11) is 0. The summed E-state index contributed by atoms with van der Waals surface area (Å²) >= 11 is -0.813. The van der Waals surface area contributed by atoms with Crippen LogP contribution in [0.15, 0.2) is 47.6 Å². The summed E-state index contributed by atoms with van der Waals surface area (Å²) in [4.78, 5) is 0. The van der Waals surface area contributed by atoms with Gasteiger partial charge in [0.2, 0.25) is 0 Å². The van der Waals surface area contributed by atoms with E-state index >= 15 is 0 Å². The minimum Gasteiger partial charge on any atom is -1.00 e. The maximum atomic E-state index is 2.58. The van der Waals surface area contributed by atoms with Crippen molar-refractivity contribution in [1.29, 1.82) is 0 Å². The van der Waals surface area contributed by atoms with Crippen molar-refractivity contribution in [2.24, 2.45) is 0 Å². The first-order valence-corrected chi connectivity index (χ1v) is 10.2. The molecule has 2 atom stereocenters. The summed E-state index contributed by atoms with van der Waals surface area (Å²) in [6.07, 6.45) is 17.2. The van der Waals surface area contributed by atoms with Gasteiger partial charge in [-0.1, -0.05) is 0 Å². The van der Waals surface area contributed by atoms with Gasteiger partial charge in [-0.15, -0.1) is 0 Å². The predicted molar refractivity (Wildman–Crippen MR) is 71.8 cm³/mol. The molecule has 0 saturated carbocycles. The molecule has 0 bridgehead atoms. The molecule has 0 N–H and O–H groups in total.